The highest BCUT2D eigenvalue weighted by molar-refractivity contribution is 7.92. The van der Waals surface area contributed by atoms with Crippen LogP contribution in [-0.2, 0) is 9.84 Å². The highest BCUT2D eigenvalue weighted by Gasteiger charge is 2.48. The van der Waals surface area contributed by atoms with E-state index in [-0.39, 0.29) is 11.7 Å². The smallest absolute Gasteiger partial charge is 0.381 e. The minimum Gasteiger partial charge on any atom is -0.381 e. The summed E-state index contributed by atoms with van der Waals surface area (Å²) in [7, 11) is -1.67. The van der Waals surface area contributed by atoms with E-state index in [4.69, 9.17) is 0 Å². The molecule has 0 amide bonds. The van der Waals surface area contributed by atoms with Gasteiger partial charge in [0.15, 0.2) is 0 Å². The molecule has 0 spiro atoms. The van der Waals surface area contributed by atoms with Crippen molar-refractivity contribution in [3.63, 3.8) is 0 Å². The molecule has 26 heavy (non-hydrogen) atoms. The van der Waals surface area contributed by atoms with Crippen molar-refractivity contribution in [2.24, 2.45) is 0 Å². The average Bonchev–Trinajstić information content (AvgIpc) is 2.54. The molecule has 1 aliphatic rings. The molecular formula is C16H23F4N3O2S. The van der Waals surface area contributed by atoms with Crippen LogP contribution in [0.1, 0.15) is 12.8 Å². The molecule has 1 aromatic rings. The van der Waals surface area contributed by atoms with Gasteiger partial charge in [-0.05, 0) is 45.1 Å². The Morgan fingerprint density at radius 3 is 2.38 bits per heavy atom. The molecule has 0 radical (unpaired) electrons. The number of hydrogen-bond acceptors (Lipinski definition) is 5. The van der Waals surface area contributed by atoms with Crippen LogP contribution in [0.15, 0.2) is 23.1 Å². The highest BCUT2D eigenvalue weighted by atomic mass is 32.2. The van der Waals surface area contributed by atoms with Crippen molar-refractivity contribution in [3.8, 4) is 0 Å². The summed E-state index contributed by atoms with van der Waals surface area (Å²) in [5.74, 6) is -1.03. The van der Waals surface area contributed by atoms with E-state index in [1.165, 1.54) is 0 Å². The summed E-state index contributed by atoms with van der Waals surface area (Å²) in [4.78, 5) is 3.24. The molecule has 1 aliphatic heterocycles. The van der Waals surface area contributed by atoms with E-state index in [0.717, 1.165) is 38.3 Å². The van der Waals surface area contributed by atoms with Crippen molar-refractivity contribution < 1.29 is 26.0 Å². The Morgan fingerprint density at radius 1 is 1.23 bits per heavy atom. The maximum atomic E-state index is 13.4. The van der Waals surface area contributed by atoms with Gasteiger partial charge in [-0.3, -0.25) is 0 Å². The molecule has 0 bridgehead atoms. The molecule has 10 heteroatoms. The van der Waals surface area contributed by atoms with E-state index in [9.17, 15) is 26.0 Å². The molecule has 0 unspecified atom stereocenters. The number of sulfone groups is 1. The molecular weight excluding hydrogens is 374 g/mol. The standard InChI is InChI=1S/C16H23F4N3O2S/c1-22(2)9-10-23-7-5-13(6-8-23)21-14-4-3-12(17)11-15(14)26(24,25)16(18,19)20/h3-4,11,13,21H,5-10H2,1-2H3. The number of nitrogens with one attached hydrogen (secondary N) is 1. The van der Waals surface area contributed by atoms with Gasteiger partial charge in [-0.15, -0.1) is 0 Å². The second-order valence-electron chi connectivity index (χ2n) is 6.65. The van der Waals surface area contributed by atoms with Crippen LogP contribution >= 0.6 is 0 Å². The Bertz CT molecular complexity index is 715. The second kappa shape index (κ2) is 8.10. The molecule has 1 fully saturated rings. The Morgan fingerprint density at radius 2 is 1.85 bits per heavy atom. The third-order valence-corrected chi connectivity index (χ3v) is 5.87. The fraction of sp³-hybridized carbons (Fsp3) is 0.625. The van der Waals surface area contributed by atoms with Gasteiger partial charge in [-0.1, -0.05) is 0 Å². The van der Waals surface area contributed by atoms with E-state index >= 15 is 0 Å². The lowest BCUT2D eigenvalue weighted by Crippen LogP contribution is -2.42. The average molecular weight is 397 g/mol. The number of benzene rings is 1. The van der Waals surface area contributed by atoms with E-state index in [0.29, 0.717) is 18.9 Å². The maximum absolute atomic E-state index is 13.4. The molecule has 148 valence electrons. The van der Waals surface area contributed by atoms with E-state index in [2.05, 4.69) is 15.1 Å². The van der Waals surface area contributed by atoms with Gasteiger partial charge < -0.3 is 15.1 Å². The summed E-state index contributed by atoms with van der Waals surface area (Å²) < 4.78 is 75.4. The molecule has 0 aliphatic carbocycles. The maximum Gasteiger partial charge on any atom is 0.501 e. The lowest BCUT2D eigenvalue weighted by atomic mass is 10.0. The van der Waals surface area contributed by atoms with Crippen LogP contribution < -0.4 is 5.32 Å². The minimum absolute atomic E-state index is 0.168. The predicted molar refractivity (Wildman–Crippen MR) is 91.3 cm³/mol. The molecule has 5 nitrogen and oxygen atoms in total. The van der Waals surface area contributed by atoms with Crippen LogP contribution in [0.25, 0.3) is 0 Å². The number of rotatable bonds is 6. The van der Waals surface area contributed by atoms with E-state index in [1.807, 2.05) is 14.1 Å². The van der Waals surface area contributed by atoms with Crippen LogP contribution in [0, 0.1) is 5.82 Å². The topological polar surface area (TPSA) is 52.6 Å². The number of hydrogen-bond donors (Lipinski definition) is 1. The molecule has 2 rings (SSSR count). The Hall–Kier alpha value is -1.39. The van der Waals surface area contributed by atoms with E-state index < -0.39 is 26.1 Å². The first-order valence-corrected chi connectivity index (χ1v) is 9.73. The third kappa shape index (κ3) is 5.08. The first kappa shape index (κ1) is 20.9. The number of anilines is 1. The number of halogens is 4. The summed E-state index contributed by atoms with van der Waals surface area (Å²) in [6.07, 6.45) is 1.33. The fourth-order valence-electron chi connectivity index (χ4n) is 2.82. The van der Waals surface area contributed by atoms with E-state index in [1.54, 1.807) is 0 Å². The van der Waals surface area contributed by atoms with Crippen molar-refractivity contribution >= 4 is 15.5 Å². The summed E-state index contributed by atoms with van der Waals surface area (Å²) in [6.45, 7) is 3.32. The monoisotopic (exact) mass is 397 g/mol. The summed E-state index contributed by atoms with van der Waals surface area (Å²) in [5.41, 5.74) is -5.69. The molecule has 0 atom stereocenters. The van der Waals surface area contributed by atoms with Crippen molar-refractivity contribution in [2.75, 3.05) is 45.6 Å². The Kier molecular flexibility index (Phi) is 6.51. The molecule has 0 saturated carbocycles. The zero-order chi connectivity index (χ0) is 19.5. The molecule has 0 aromatic heterocycles. The molecule has 1 aromatic carbocycles. The summed E-state index contributed by atoms with van der Waals surface area (Å²) >= 11 is 0. The quantitative estimate of drug-likeness (QED) is 0.748. The van der Waals surface area contributed by atoms with Gasteiger partial charge in [0.25, 0.3) is 9.84 Å². The lowest BCUT2D eigenvalue weighted by molar-refractivity contribution is -0.0435. The van der Waals surface area contributed by atoms with Gasteiger partial charge in [0.2, 0.25) is 0 Å². The number of piperidine rings is 1. The van der Waals surface area contributed by atoms with Gasteiger partial charge in [-0.25, -0.2) is 12.8 Å². The SMILES string of the molecule is CN(C)CCN1CCC(Nc2ccc(F)cc2S(=O)(=O)C(F)(F)F)CC1. The van der Waals surface area contributed by atoms with Crippen molar-refractivity contribution in [1.29, 1.82) is 0 Å². The van der Waals surface area contributed by atoms with Gasteiger partial charge >= 0.3 is 5.51 Å². The first-order valence-electron chi connectivity index (χ1n) is 8.25. The zero-order valence-corrected chi connectivity index (χ0v) is 15.5. The lowest BCUT2D eigenvalue weighted by Gasteiger charge is -2.33. The van der Waals surface area contributed by atoms with Crippen LogP contribution in [0.2, 0.25) is 0 Å². The van der Waals surface area contributed by atoms with Crippen molar-refractivity contribution in [2.45, 2.75) is 29.3 Å². The Labute approximate surface area is 150 Å². The third-order valence-electron chi connectivity index (χ3n) is 4.35. The molecule has 1 N–H and O–H groups in total. The molecule has 1 saturated heterocycles. The highest BCUT2D eigenvalue weighted by Crippen LogP contribution is 2.35. The first-order chi connectivity index (χ1) is 12.0. The normalized spacial score (nSPS) is 17.7. The van der Waals surface area contributed by atoms with Gasteiger partial charge in [-0.2, -0.15) is 13.2 Å². The van der Waals surface area contributed by atoms with Crippen LogP contribution in [0.3, 0.4) is 0 Å². The van der Waals surface area contributed by atoms with Crippen molar-refractivity contribution in [3.05, 3.63) is 24.0 Å². The summed E-state index contributed by atoms with van der Waals surface area (Å²) in [6, 6.07) is 2.24. The van der Waals surface area contributed by atoms with Gasteiger partial charge in [0.05, 0.1) is 5.69 Å². The number of alkyl halides is 3. The zero-order valence-electron chi connectivity index (χ0n) is 14.7. The fourth-order valence-corrected chi connectivity index (χ4v) is 3.76. The van der Waals surface area contributed by atoms with Crippen LogP contribution in [0.4, 0.5) is 23.2 Å². The molecule has 1 heterocycles. The Balaban J connectivity index is 2.10. The number of likely N-dealkylation sites (N-methyl/N-ethyl adjacent to an activating group) is 1. The van der Waals surface area contributed by atoms with Crippen molar-refractivity contribution in [1.82, 2.24) is 9.80 Å². The van der Waals surface area contributed by atoms with Gasteiger partial charge in [0, 0.05) is 32.2 Å². The summed E-state index contributed by atoms with van der Waals surface area (Å²) in [5, 5.41) is 2.86. The van der Waals surface area contributed by atoms with Crippen LogP contribution in [-0.4, -0.2) is 70.0 Å². The number of likely N-dealkylation sites (tertiary alicyclic amines) is 1. The second-order valence-corrected chi connectivity index (χ2v) is 8.56. The largest absolute Gasteiger partial charge is 0.501 e. The minimum atomic E-state index is -5.63. The number of nitrogens with zero attached hydrogens (tertiary/aromatic N) is 2. The van der Waals surface area contributed by atoms with Crippen LogP contribution in [0.5, 0.6) is 0 Å². The van der Waals surface area contributed by atoms with Gasteiger partial charge in [0.1, 0.15) is 10.7 Å². The predicted octanol–water partition coefficient (Wildman–Crippen LogP) is 2.56.